The Morgan fingerprint density at radius 1 is 0.862 bits per heavy atom. The fourth-order valence-electron chi connectivity index (χ4n) is 2.62. The molecule has 2 amide bonds. The SMILES string of the molecule is Cc1ccc(NC(=O)c2cc(C(=O)Nc3ccc(OC(C)C)cc3)ccn2)cc1. The van der Waals surface area contributed by atoms with Gasteiger partial charge in [0.15, 0.2) is 0 Å². The number of ether oxygens (including phenoxy) is 1. The van der Waals surface area contributed by atoms with Crippen molar-refractivity contribution in [2.45, 2.75) is 26.9 Å². The van der Waals surface area contributed by atoms with Gasteiger partial charge in [-0.1, -0.05) is 17.7 Å². The molecule has 6 nitrogen and oxygen atoms in total. The quantitative estimate of drug-likeness (QED) is 0.641. The van der Waals surface area contributed by atoms with Crippen LogP contribution in [0, 0.1) is 6.92 Å². The summed E-state index contributed by atoms with van der Waals surface area (Å²) in [5, 5.41) is 5.58. The lowest BCUT2D eigenvalue weighted by molar-refractivity contribution is 0.102. The van der Waals surface area contributed by atoms with Crippen molar-refractivity contribution in [2.75, 3.05) is 10.6 Å². The lowest BCUT2D eigenvalue weighted by Crippen LogP contribution is -2.17. The average molecular weight is 389 g/mol. The molecule has 0 saturated carbocycles. The van der Waals surface area contributed by atoms with E-state index in [-0.39, 0.29) is 23.6 Å². The maximum absolute atomic E-state index is 12.5. The van der Waals surface area contributed by atoms with Crippen LogP contribution in [0.25, 0.3) is 0 Å². The van der Waals surface area contributed by atoms with Crippen molar-refractivity contribution in [1.82, 2.24) is 4.98 Å². The smallest absolute Gasteiger partial charge is 0.274 e. The molecular formula is C23H23N3O3. The third kappa shape index (κ3) is 5.65. The number of amides is 2. The molecule has 29 heavy (non-hydrogen) atoms. The second kappa shape index (κ2) is 9.01. The van der Waals surface area contributed by atoms with Crippen LogP contribution in [0.1, 0.15) is 40.3 Å². The van der Waals surface area contributed by atoms with E-state index in [0.29, 0.717) is 16.9 Å². The monoisotopic (exact) mass is 389 g/mol. The van der Waals surface area contributed by atoms with Crippen molar-refractivity contribution in [1.29, 1.82) is 0 Å². The van der Waals surface area contributed by atoms with Crippen molar-refractivity contribution in [3.8, 4) is 5.75 Å². The van der Waals surface area contributed by atoms with E-state index in [0.717, 1.165) is 11.3 Å². The summed E-state index contributed by atoms with van der Waals surface area (Å²) in [5.74, 6) is 0.0324. The molecule has 3 rings (SSSR count). The first-order valence-electron chi connectivity index (χ1n) is 9.33. The number of carbonyl (C=O) groups excluding carboxylic acids is 2. The highest BCUT2D eigenvalue weighted by Gasteiger charge is 2.13. The van der Waals surface area contributed by atoms with E-state index < -0.39 is 0 Å². The molecule has 0 bridgehead atoms. The minimum atomic E-state index is -0.376. The highest BCUT2D eigenvalue weighted by atomic mass is 16.5. The van der Waals surface area contributed by atoms with E-state index in [1.807, 2.05) is 45.0 Å². The van der Waals surface area contributed by atoms with Gasteiger partial charge in [-0.3, -0.25) is 14.6 Å². The number of hydrogen-bond acceptors (Lipinski definition) is 4. The van der Waals surface area contributed by atoms with Crippen molar-refractivity contribution in [3.05, 3.63) is 83.7 Å². The topological polar surface area (TPSA) is 80.3 Å². The Kier molecular flexibility index (Phi) is 6.24. The van der Waals surface area contributed by atoms with Crippen LogP contribution in [0.5, 0.6) is 5.75 Å². The zero-order valence-corrected chi connectivity index (χ0v) is 16.6. The van der Waals surface area contributed by atoms with E-state index in [9.17, 15) is 9.59 Å². The standard InChI is InChI=1S/C23H23N3O3/c1-15(2)29-20-10-8-19(9-11-20)25-22(27)17-12-13-24-21(14-17)23(28)26-18-6-4-16(3)5-7-18/h4-15H,1-3H3,(H,25,27)(H,26,28). The van der Waals surface area contributed by atoms with Gasteiger partial charge in [0.05, 0.1) is 6.10 Å². The Labute approximate surface area is 169 Å². The van der Waals surface area contributed by atoms with Gasteiger partial charge in [-0.15, -0.1) is 0 Å². The zero-order valence-electron chi connectivity index (χ0n) is 16.6. The van der Waals surface area contributed by atoms with Crippen LogP contribution in [0.3, 0.4) is 0 Å². The van der Waals surface area contributed by atoms with E-state index in [1.54, 1.807) is 30.3 Å². The third-order valence-corrected chi connectivity index (χ3v) is 4.05. The summed E-state index contributed by atoms with van der Waals surface area (Å²) in [6.45, 7) is 5.87. The first-order valence-corrected chi connectivity index (χ1v) is 9.33. The zero-order chi connectivity index (χ0) is 20.8. The number of hydrogen-bond donors (Lipinski definition) is 2. The number of anilines is 2. The molecule has 2 aromatic carbocycles. The van der Waals surface area contributed by atoms with Crippen LogP contribution in [0.15, 0.2) is 66.9 Å². The number of nitrogens with one attached hydrogen (secondary N) is 2. The predicted molar refractivity (Wildman–Crippen MR) is 114 cm³/mol. The molecule has 3 aromatic rings. The van der Waals surface area contributed by atoms with Gasteiger partial charge in [-0.2, -0.15) is 0 Å². The Hall–Kier alpha value is -3.67. The molecule has 2 N–H and O–H groups in total. The predicted octanol–water partition coefficient (Wildman–Crippen LogP) is 4.68. The minimum absolute atomic E-state index is 0.0803. The van der Waals surface area contributed by atoms with E-state index in [1.165, 1.54) is 12.3 Å². The molecule has 0 atom stereocenters. The highest BCUT2D eigenvalue weighted by molar-refractivity contribution is 6.07. The Morgan fingerprint density at radius 2 is 1.45 bits per heavy atom. The van der Waals surface area contributed by atoms with Crippen LogP contribution < -0.4 is 15.4 Å². The molecule has 6 heteroatoms. The molecule has 0 aliphatic rings. The van der Waals surface area contributed by atoms with E-state index in [2.05, 4.69) is 15.6 Å². The highest BCUT2D eigenvalue weighted by Crippen LogP contribution is 2.18. The van der Waals surface area contributed by atoms with Gasteiger partial charge in [0.25, 0.3) is 11.8 Å². The Bertz CT molecular complexity index is 997. The number of pyridine rings is 1. The largest absolute Gasteiger partial charge is 0.491 e. The van der Waals surface area contributed by atoms with Gasteiger partial charge in [-0.05, 0) is 69.3 Å². The summed E-state index contributed by atoms with van der Waals surface area (Å²) in [6, 6.07) is 17.6. The summed E-state index contributed by atoms with van der Waals surface area (Å²) < 4.78 is 5.59. The molecule has 1 heterocycles. The van der Waals surface area contributed by atoms with Crippen LogP contribution in [-0.4, -0.2) is 22.9 Å². The molecule has 148 valence electrons. The van der Waals surface area contributed by atoms with E-state index >= 15 is 0 Å². The molecule has 1 aromatic heterocycles. The molecule has 0 aliphatic carbocycles. The van der Waals surface area contributed by atoms with Gasteiger partial charge >= 0.3 is 0 Å². The third-order valence-electron chi connectivity index (χ3n) is 4.05. The summed E-state index contributed by atoms with van der Waals surface area (Å²) in [4.78, 5) is 29.1. The fourth-order valence-corrected chi connectivity index (χ4v) is 2.62. The number of aryl methyl sites for hydroxylation is 1. The second-order valence-electron chi connectivity index (χ2n) is 6.90. The summed E-state index contributed by atoms with van der Waals surface area (Å²) in [7, 11) is 0. The second-order valence-corrected chi connectivity index (χ2v) is 6.90. The number of rotatable bonds is 6. The molecule has 0 aliphatic heterocycles. The molecule has 0 fully saturated rings. The Morgan fingerprint density at radius 3 is 2.07 bits per heavy atom. The van der Waals surface area contributed by atoms with Gasteiger partial charge < -0.3 is 15.4 Å². The van der Waals surface area contributed by atoms with Gasteiger partial charge in [0.1, 0.15) is 11.4 Å². The lowest BCUT2D eigenvalue weighted by Gasteiger charge is -2.11. The van der Waals surface area contributed by atoms with Gasteiger partial charge in [0, 0.05) is 23.1 Å². The number of nitrogens with zero attached hydrogens (tertiary/aromatic N) is 1. The molecular weight excluding hydrogens is 366 g/mol. The first-order chi connectivity index (χ1) is 13.9. The lowest BCUT2D eigenvalue weighted by atomic mass is 10.2. The number of aromatic nitrogens is 1. The number of benzene rings is 2. The number of carbonyl (C=O) groups is 2. The summed E-state index contributed by atoms with van der Waals surface area (Å²) in [6.07, 6.45) is 1.52. The fraction of sp³-hybridized carbons (Fsp3) is 0.174. The van der Waals surface area contributed by atoms with Crippen molar-refractivity contribution in [3.63, 3.8) is 0 Å². The molecule has 0 radical (unpaired) electrons. The normalized spacial score (nSPS) is 10.5. The van der Waals surface area contributed by atoms with Crippen LogP contribution in [0.2, 0.25) is 0 Å². The van der Waals surface area contributed by atoms with E-state index in [4.69, 9.17) is 4.74 Å². The van der Waals surface area contributed by atoms with Crippen molar-refractivity contribution < 1.29 is 14.3 Å². The minimum Gasteiger partial charge on any atom is -0.491 e. The van der Waals surface area contributed by atoms with Crippen molar-refractivity contribution in [2.24, 2.45) is 0 Å². The summed E-state index contributed by atoms with van der Waals surface area (Å²) >= 11 is 0. The first kappa shape index (κ1) is 20.1. The van der Waals surface area contributed by atoms with Crippen LogP contribution in [-0.2, 0) is 0 Å². The van der Waals surface area contributed by atoms with Gasteiger partial charge in [-0.25, -0.2) is 0 Å². The van der Waals surface area contributed by atoms with Crippen LogP contribution >= 0.6 is 0 Å². The molecule has 0 saturated heterocycles. The maximum atomic E-state index is 12.5. The molecule has 0 unspecified atom stereocenters. The van der Waals surface area contributed by atoms with Crippen LogP contribution in [0.4, 0.5) is 11.4 Å². The maximum Gasteiger partial charge on any atom is 0.274 e. The Balaban J connectivity index is 1.67. The average Bonchev–Trinajstić information content (AvgIpc) is 2.71. The summed E-state index contributed by atoms with van der Waals surface area (Å²) in [5.41, 5.74) is 2.91. The molecule has 0 spiro atoms. The van der Waals surface area contributed by atoms with Crippen molar-refractivity contribution >= 4 is 23.2 Å². The van der Waals surface area contributed by atoms with Gasteiger partial charge in [0.2, 0.25) is 0 Å².